The van der Waals surface area contributed by atoms with Crippen LogP contribution in [0.15, 0.2) is 0 Å². The summed E-state index contributed by atoms with van der Waals surface area (Å²) in [4.78, 5) is 2.46. The standard InChI is InChI=1S/C13H26N2O2S/c1-13(2,3)14-9-6-12(7-10-14)15-8-4-5-11-18(15,16)17/h12H,4-11H2,1-3H3. The van der Waals surface area contributed by atoms with Gasteiger partial charge < -0.3 is 0 Å². The van der Waals surface area contributed by atoms with Crippen molar-refractivity contribution < 1.29 is 8.42 Å². The van der Waals surface area contributed by atoms with Crippen molar-refractivity contribution in [3.8, 4) is 0 Å². The van der Waals surface area contributed by atoms with Crippen molar-refractivity contribution in [2.24, 2.45) is 0 Å². The van der Waals surface area contributed by atoms with Crippen molar-refractivity contribution in [1.29, 1.82) is 0 Å². The average Bonchev–Trinajstić information content (AvgIpc) is 2.27. The van der Waals surface area contributed by atoms with Gasteiger partial charge in [0.2, 0.25) is 10.0 Å². The van der Waals surface area contributed by atoms with Gasteiger partial charge in [0.15, 0.2) is 0 Å². The van der Waals surface area contributed by atoms with Gasteiger partial charge in [0, 0.05) is 31.2 Å². The molecule has 2 rings (SSSR count). The van der Waals surface area contributed by atoms with Crippen LogP contribution in [0.4, 0.5) is 0 Å². The minimum absolute atomic E-state index is 0.200. The average molecular weight is 274 g/mol. The number of rotatable bonds is 1. The van der Waals surface area contributed by atoms with E-state index in [2.05, 4.69) is 25.7 Å². The molecule has 2 aliphatic heterocycles. The lowest BCUT2D eigenvalue weighted by Crippen LogP contribution is -2.53. The van der Waals surface area contributed by atoms with E-state index in [9.17, 15) is 8.42 Å². The molecule has 0 amide bonds. The third-order valence-corrected chi connectivity index (χ3v) is 6.21. The molecule has 0 aromatic heterocycles. The molecule has 0 spiro atoms. The normalized spacial score (nSPS) is 28.4. The third kappa shape index (κ3) is 3.06. The number of likely N-dealkylation sites (tertiary alicyclic amines) is 1. The molecule has 18 heavy (non-hydrogen) atoms. The Bertz CT molecular complexity index is 378. The SMILES string of the molecule is CC(C)(C)N1CCC(N2CCCCS2(=O)=O)CC1. The minimum atomic E-state index is -2.96. The van der Waals surface area contributed by atoms with Gasteiger partial charge in [0.05, 0.1) is 5.75 Å². The van der Waals surface area contributed by atoms with E-state index in [0.717, 1.165) is 45.3 Å². The molecule has 5 heteroatoms. The predicted molar refractivity (Wildman–Crippen MR) is 74.1 cm³/mol. The monoisotopic (exact) mass is 274 g/mol. The molecule has 2 fully saturated rings. The number of sulfonamides is 1. The molecule has 0 bridgehead atoms. The first kappa shape index (κ1) is 14.3. The highest BCUT2D eigenvalue weighted by Gasteiger charge is 2.35. The van der Waals surface area contributed by atoms with E-state index >= 15 is 0 Å². The second-order valence-electron chi connectivity index (χ2n) is 6.52. The number of nitrogens with zero attached hydrogens (tertiary/aromatic N) is 2. The Hall–Kier alpha value is -0.130. The van der Waals surface area contributed by atoms with Crippen molar-refractivity contribution in [1.82, 2.24) is 9.21 Å². The summed E-state index contributed by atoms with van der Waals surface area (Å²) in [5, 5.41) is 0. The first-order valence-electron chi connectivity index (χ1n) is 7.05. The van der Waals surface area contributed by atoms with Gasteiger partial charge in [-0.1, -0.05) is 0 Å². The molecule has 0 unspecified atom stereocenters. The summed E-state index contributed by atoms with van der Waals surface area (Å²) in [6.45, 7) is 9.45. The summed E-state index contributed by atoms with van der Waals surface area (Å²) in [5.41, 5.74) is 0.200. The fourth-order valence-electron chi connectivity index (χ4n) is 3.04. The molecule has 0 aromatic carbocycles. The molecule has 106 valence electrons. The Morgan fingerprint density at radius 3 is 2.11 bits per heavy atom. The molecule has 0 radical (unpaired) electrons. The fraction of sp³-hybridized carbons (Fsp3) is 1.00. The topological polar surface area (TPSA) is 40.6 Å². The molecule has 2 heterocycles. The van der Waals surface area contributed by atoms with Crippen LogP contribution < -0.4 is 0 Å². The Balaban J connectivity index is 1.97. The Morgan fingerprint density at radius 2 is 1.61 bits per heavy atom. The van der Waals surface area contributed by atoms with Gasteiger partial charge in [-0.05, 0) is 46.5 Å². The van der Waals surface area contributed by atoms with Crippen molar-refractivity contribution in [3.05, 3.63) is 0 Å². The Kier molecular flexibility index (Phi) is 4.04. The molecule has 0 aromatic rings. The second-order valence-corrected chi connectivity index (χ2v) is 8.56. The van der Waals surface area contributed by atoms with Gasteiger partial charge in [0.25, 0.3) is 0 Å². The zero-order valence-corrected chi connectivity index (χ0v) is 12.7. The van der Waals surface area contributed by atoms with E-state index < -0.39 is 10.0 Å². The van der Waals surface area contributed by atoms with Gasteiger partial charge in [-0.2, -0.15) is 4.31 Å². The zero-order chi connectivity index (χ0) is 13.4. The molecule has 0 saturated carbocycles. The quantitative estimate of drug-likeness (QED) is 0.730. The summed E-state index contributed by atoms with van der Waals surface area (Å²) in [6.07, 6.45) is 3.82. The summed E-state index contributed by atoms with van der Waals surface area (Å²) >= 11 is 0. The van der Waals surface area contributed by atoms with Gasteiger partial charge in [0.1, 0.15) is 0 Å². The van der Waals surface area contributed by atoms with Crippen LogP contribution in [0.25, 0.3) is 0 Å². The van der Waals surface area contributed by atoms with Gasteiger partial charge >= 0.3 is 0 Å². The van der Waals surface area contributed by atoms with Gasteiger partial charge in [-0.3, -0.25) is 4.90 Å². The fourth-order valence-corrected chi connectivity index (χ4v) is 4.92. The number of piperidine rings is 1. The first-order valence-corrected chi connectivity index (χ1v) is 8.66. The van der Waals surface area contributed by atoms with Crippen LogP contribution in [0, 0.1) is 0 Å². The van der Waals surface area contributed by atoms with Crippen LogP contribution in [0.5, 0.6) is 0 Å². The maximum atomic E-state index is 12.1. The summed E-state index contributed by atoms with van der Waals surface area (Å²) in [5.74, 6) is 0.354. The Labute approximate surface area is 111 Å². The Morgan fingerprint density at radius 1 is 1.00 bits per heavy atom. The highest BCUT2D eigenvalue weighted by atomic mass is 32.2. The zero-order valence-electron chi connectivity index (χ0n) is 11.9. The highest BCUT2D eigenvalue weighted by Crippen LogP contribution is 2.26. The largest absolute Gasteiger partial charge is 0.298 e. The van der Waals surface area contributed by atoms with Crippen LogP contribution in [-0.2, 0) is 10.0 Å². The van der Waals surface area contributed by atoms with Gasteiger partial charge in [-0.25, -0.2) is 8.42 Å². The van der Waals surface area contributed by atoms with E-state index in [-0.39, 0.29) is 11.6 Å². The highest BCUT2D eigenvalue weighted by molar-refractivity contribution is 7.89. The lowest BCUT2D eigenvalue weighted by atomic mass is 9.98. The van der Waals surface area contributed by atoms with Crippen molar-refractivity contribution in [2.75, 3.05) is 25.4 Å². The second kappa shape index (κ2) is 5.10. The van der Waals surface area contributed by atoms with E-state index in [1.54, 1.807) is 4.31 Å². The summed E-state index contributed by atoms with van der Waals surface area (Å²) in [7, 11) is -2.96. The van der Waals surface area contributed by atoms with Crippen LogP contribution in [0.3, 0.4) is 0 Å². The molecule has 0 aliphatic carbocycles. The van der Waals surface area contributed by atoms with Crippen LogP contribution in [-0.4, -0.2) is 54.6 Å². The van der Waals surface area contributed by atoms with Crippen molar-refractivity contribution in [2.45, 2.75) is 58.0 Å². The smallest absolute Gasteiger partial charge is 0.214 e. The molecule has 4 nitrogen and oxygen atoms in total. The molecule has 2 saturated heterocycles. The van der Waals surface area contributed by atoms with Gasteiger partial charge in [-0.15, -0.1) is 0 Å². The van der Waals surface area contributed by atoms with Crippen molar-refractivity contribution in [3.63, 3.8) is 0 Å². The predicted octanol–water partition coefficient (Wildman–Crippen LogP) is 1.67. The number of hydrogen-bond acceptors (Lipinski definition) is 3. The van der Waals surface area contributed by atoms with Crippen LogP contribution in [0.1, 0.15) is 46.5 Å². The van der Waals surface area contributed by atoms with Crippen molar-refractivity contribution >= 4 is 10.0 Å². The molecule has 0 atom stereocenters. The molecular formula is C13H26N2O2S. The van der Waals surface area contributed by atoms with E-state index in [0.29, 0.717) is 5.75 Å². The molecule has 2 aliphatic rings. The minimum Gasteiger partial charge on any atom is -0.298 e. The van der Waals surface area contributed by atoms with E-state index in [1.807, 2.05) is 0 Å². The third-order valence-electron chi connectivity index (χ3n) is 4.21. The summed E-state index contributed by atoms with van der Waals surface area (Å²) in [6, 6.07) is 0.244. The van der Waals surface area contributed by atoms with E-state index in [4.69, 9.17) is 0 Å². The van der Waals surface area contributed by atoms with Crippen LogP contribution >= 0.6 is 0 Å². The lowest BCUT2D eigenvalue weighted by molar-refractivity contribution is 0.0786. The summed E-state index contributed by atoms with van der Waals surface area (Å²) < 4.78 is 25.9. The number of hydrogen-bond donors (Lipinski definition) is 0. The van der Waals surface area contributed by atoms with E-state index in [1.165, 1.54) is 0 Å². The first-order chi connectivity index (χ1) is 8.31. The molecular weight excluding hydrogens is 248 g/mol. The maximum Gasteiger partial charge on any atom is 0.214 e. The molecule has 0 N–H and O–H groups in total. The maximum absolute atomic E-state index is 12.1. The van der Waals surface area contributed by atoms with Crippen LogP contribution in [0.2, 0.25) is 0 Å². The lowest BCUT2D eigenvalue weighted by Gasteiger charge is -2.44.